The van der Waals surface area contributed by atoms with Crippen LogP contribution in [0.3, 0.4) is 0 Å². The van der Waals surface area contributed by atoms with Crippen LogP contribution in [-0.4, -0.2) is 49.3 Å². The van der Waals surface area contributed by atoms with Crippen LogP contribution in [0.5, 0.6) is 11.5 Å². The van der Waals surface area contributed by atoms with Gasteiger partial charge in [0.15, 0.2) is 0 Å². The predicted octanol–water partition coefficient (Wildman–Crippen LogP) is 1.55. The quantitative estimate of drug-likeness (QED) is 0.849. The molecule has 0 unspecified atom stereocenters. The molecule has 0 spiro atoms. The molecule has 0 bridgehead atoms. The molecule has 0 radical (unpaired) electrons. The van der Waals surface area contributed by atoms with Gasteiger partial charge in [-0.1, -0.05) is 0 Å². The van der Waals surface area contributed by atoms with Gasteiger partial charge in [0.1, 0.15) is 11.5 Å². The molecule has 1 rings (SSSR count). The van der Waals surface area contributed by atoms with Gasteiger partial charge in [-0.3, -0.25) is 4.79 Å². The number of carbonyl (C=O) groups excluding carboxylic acids is 1. The van der Waals surface area contributed by atoms with E-state index in [0.29, 0.717) is 23.6 Å². The predicted molar refractivity (Wildman–Crippen MR) is 72.8 cm³/mol. The molecule has 1 aromatic carbocycles. The molecule has 1 amide bonds. The Balaban J connectivity index is 3.09. The Bertz CT molecular complexity index is 431. The van der Waals surface area contributed by atoms with E-state index < -0.39 is 0 Å². The lowest BCUT2D eigenvalue weighted by atomic mass is 10.1. The summed E-state index contributed by atoms with van der Waals surface area (Å²) in [4.78, 5) is 14.1. The molecule has 19 heavy (non-hydrogen) atoms. The molecular weight excluding hydrogens is 246 g/mol. The summed E-state index contributed by atoms with van der Waals surface area (Å²) >= 11 is 0. The van der Waals surface area contributed by atoms with E-state index in [2.05, 4.69) is 0 Å². The first-order valence-corrected chi connectivity index (χ1v) is 6.19. The van der Waals surface area contributed by atoms with Crippen LogP contribution in [-0.2, 0) is 0 Å². The van der Waals surface area contributed by atoms with E-state index in [1.807, 2.05) is 13.8 Å². The largest absolute Gasteiger partial charge is 0.497 e. The topological polar surface area (TPSA) is 59.0 Å². The number of amides is 1. The first-order chi connectivity index (χ1) is 9.04. The van der Waals surface area contributed by atoms with Crippen LogP contribution in [0, 0.1) is 0 Å². The molecule has 0 aliphatic heterocycles. The van der Waals surface area contributed by atoms with Crippen molar-refractivity contribution in [3.8, 4) is 11.5 Å². The number of aliphatic hydroxyl groups is 1. The summed E-state index contributed by atoms with van der Waals surface area (Å²) in [6.07, 6.45) is 0. The summed E-state index contributed by atoms with van der Waals surface area (Å²) in [5.41, 5.74) is 0.463. The highest BCUT2D eigenvalue weighted by molar-refractivity contribution is 5.97. The Labute approximate surface area is 113 Å². The Morgan fingerprint density at radius 2 is 2.00 bits per heavy atom. The summed E-state index contributed by atoms with van der Waals surface area (Å²) in [6.45, 7) is 4.04. The fourth-order valence-corrected chi connectivity index (χ4v) is 1.83. The van der Waals surface area contributed by atoms with Crippen LogP contribution in [0.1, 0.15) is 24.2 Å². The molecule has 0 aliphatic carbocycles. The Morgan fingerprint density at radius 1 is 1.32 bits per heavy atom. The number of carbonyl (C=O) groups is 1. The fraction of sp³-hybridized carbons (Fsp3) is 0.500. The Morgan fingerprint density at radius 3 is 2.47 bits per heavy atom. The van der Waals surface area contributed by atoms with Gasteiger partial charge in [-0.15, -0.1) is 0 Å². The lowest BCUT2D eigenvalue weighted by Gasteiger charge is -2.26. The van der Waals surface area contributed by atoms with Gasteiger partial charge in [0.25, 0.3) is 5.91 Å². The van der Waals surface area contributed by atoms with Crippen molar-refractivity contribution in [1.82, 2.24) is 4.90 Å². The minimum Gasteiger partial charge on any atom is -0.497 e. The van der Waals surface area contributed by atoms with Crippen molar-refractivity contribution in [2.75, 3.05) is 27.4 Å². The molecule has 106 valence electrons. The van der Waals surface area contributed by atoms with E-state index in [9.17, 15) is 4.79 Å². The third-order valence-electron chi connectivity index (χ3n) is 2.86. The van der Waals surface area contributed by atoms with Crippen molar-refractivity contribution in [2.45, 2.75) is 19.9 Å². The zero-order chi connectivity index (χ0) is 14.4. The van der Waals surface area contributed by atoms with Gasteiger partial charge in [0.05, 0.1) is 26.4 Å². The highest BCUT2D eigenvalue weighted by atomic mass is 16.5. The molecular formula is C14H21NO4. The molecule has 0 heterocycles. The molecule has 1 N–H and O–H groups in total. The summed E-state index contributed by atoms with van der Waals surface area (Å²) in [5, 5.41) is 9.04. The van der Waals surface area contributed by atoms with Crippen molar-refractivity contribution in [2.24, 2.45) is 0 Å². The highest BCUT2D eigenvalue weighted by Gasteiger charge is 2.21. The van der Waals surface area contributed by atoms with E-state index in [4.69, 9.17) is 14.6 Å². The molecule has 0 aliphatic rings. The Kier molecular flexibility index (Phi) is 5.63. The normalized spacial score (nSPS) is 10.4. The third kappa shape index (κ3) is 3.61. The van der Waals surface area contributed by atoms with Crippen molar-refractivity contribution in [3.05, 3.63) is 23.8 Å². The SMILES string of the molecule is COc1ccc(C(=O)N(CCO)C(C)C)c(OC)c1. The lowest BCUT2D eigenvalue weighted by molar-refractivity contribution is 0.0662. The fourth-order valence-electron chi connectivity index (χ4n) is 1.83. The number of aliphatic hydroxyl groups excluding tert-OH is 1. The first-order valence-electron chi connectivity index (χ1n) is 6.19. The van der Waals surface area contributed by atoms with Crippen molar-refractivity contribution in [3.63, 3.8) is 0 Å². The minimum atomic E-state index is -0.163. The summed E-state index contributed by atoms with van der Waals surface area (Å²) in [7, 11) is 3.07. The van der Waals surface area contributed by atoms with Gasteiger partial charge in [-0.25, -0.2) is 0 Å². The smallest absolute Gasteiger partial charge is 0.257 e. The van der Waals surface area contributed by atoms with Crippen LogP contribution < -0.4 is 9.47 Å². The number of ether oxygens (including phenoxy) is 2. The molecule has 5 heteroatoms. The van der Waals surface area contributed by atoms with Crippen LogP contribution in [0.15, 0.2) is 18.2 Å². The summed E-state index contributed by atoms with van der Waals surface area (Å²) in [6, 6.07) is 5.07. The number of hydrogen-bond acceptors (Lipinski definition) is 4. The van der Waals surface area contributed by atoms with Gasteiger partial charge >= 0.3 is 0 Å². The second kappa shape index (κ2) is 6.99. The standard InChI is InChI=1S/C14H21NO4/c1-10(2)15(7-8-16)14(17)12-6-5-11(18-3)9-13(12)19-4/h5-6,9-10,16H,7-8H2,1-4H3. The van der Waals surface area contributed by atoms with Crippen LogP contribution >= 0.6 is 0 Å². The zero-order valence-electron chi connectivity index (χ0n) is 11.8. The van der Waals surface area contributed by atoms with E-state index in [1.165, 1.54) is 7.11 Å². The van der Waals surface area contributed by atoms with Gasteiger partial charge in [-0.2, -0.15) is 0 Å². The Hall–Kier alpha value is -1.75. The van der Waals surface area contributed by atoms with E-state index >= 15 is 0 Å². The average Bonchev–Trinajstić information content (AvgIpc) is 2.42. The van der Waals surface area contributed by atoms with Gasteiger partial charge in [0, 0.05) is 18.7 Å². The molecule has 0 saturated heterocycles. The van der Waals surface area contributed by atoms with E-state index in [1.54, 1.807) is 30.2 Å². The highest BCUT2D eigenvalue weighted by Crippen LogP contribution is 2.26. The monoisotopic (exact) mass is 267 g/mol. The van der Waals surface area contributed by atoms with Crippen molar-refractivity contribution in [1.29, 1.82) is 0 Å². The van der Waals surface area contributed by atoms with Crippen LogP contribution in [0.25, 0.3) is 0 Å². The first kappa shape index (κ1) is 15.3. The molecule has 0 aromatic heterocycles. The number of nitrogens with zero attached hydrogens (tertiary/aromatic N) is 1. The minimum absolute atomic E-state index is 0.00598. The molecule has 0 saturated carbocycles. The van der Waals surface area contributed by atoms with Gasteiger partial charge < -0.3 is 19.5 Å². The molecule has 5 nitrogen and oxygen atoms in total. The number of methoxy groups -OCH3 is 2. The molecule has 1 aromatic rings. The second-order valence-corrected chi connectivity index (χ2v) is 4.38. The zero-order valence-corrected chi connectivity index (χ0v) is 11.8. The van der Waals surface area contributed by atoms with Crippen molar-refractivity contribution >= 4 is 5.91 Å². The van der Waals surface area contributed by atoms with E-state index in [-0.39, 0.29) is 18.6 Å². The van der Waals surface area contributed by atoms with E-state index in [0.717, 1.165) is 0 Å². The summed E-state index contributed by atoms with van der Waals surface area (Å²) < 4.78 is 10.3. The molecule has 0 fully saturated rings. The van der Waals surface area contributed by atoms with Gasteiger partial charge in [0.2, 0.25) is 0 Å². The second-order valence-electron chi connectivity index (χ2n) is 4.38. The number of hydrogen-bond donors (Lipinski definition) is 1. The summed E-state index contributed by atoms with van der Waals surface area (Å²) in [5.74, 6) is 0.933. The maximum absolute atomic E-state index is 12.4. The average molecular weight is 267 g/mol. The maximum atomic E-state index is 12.4. The van der Waals surface area contributed by atoms with Gasteiger partial charge in [-0.05, 0) is 26.0 Å². The van der Waals surface area contributed by atoms with Crippen LogP contribution in [0.2, 0.25) is 0 Å². The van der Waals surface area contributed by atoms with Crippen LogP contribution in [0.4, 0.5) is 0 Å². The number of benzene rings is 1. The lowest BCUT2D eigenvalue weighted by Crippen LogP contribution is -2.39. The molecule has 0 atom stereocenters. The number of rotatable bonds is 6. The third-order valence-corrected chi connectivity index (χ3v) is 2.86. The van der Waals surface area contributed by atoms with Crippen molar-refractivity contribution < 1.29 is 19.4 Å². The maximum Gasteiger partial charge on any atom is 0.257 e.